The van der Waals surface area contributed by atoms with Crippen LogP contribution in [0, 0.1) is 7.14 Å². The topological polar surface area (TPSA) is 69.6 Å². The minimum absolute atomic E-state index is 0.289. The summed E-state index contributed by atoms with van der Waals surface area (Å²) in [6.45, 7) is 0.343. The smallest absolute Gasteiger partial charge is 0.282 e. The minimum atomic E-state index is -0.289. The molecule has 0 amide bonds. The summed E-state index contributed by atoms with van der Waals surface area (Å²) in [4.78, 5) is 18.3. The highest BCUT2D eigenvalue weighted by Crippen LogP contribution is 2.31. The SMILES string of the molecule is O=c1c2ccccc2nc(-c2cc3ccccc3o2)n1N=Cc1cc(I)c(OCc2ccc(Cl)c(Cl)c2)c(I)c1. The van der Waals surface area contributed by atoms with Crippen molar-refractivity contribution in [3.63, 3.8) is 0 Å². The van der Waals surface area contributed by atoms with E-state index in [-0.39, 0.29) is 5.56 Å². The van der Waals surface area contributed by atoms with Gasteiger partial charge in [0.1, 0.15) is 17.9 Å². The minimum Gasteiger partial charge on any atom is -0.487 e. The number of nitrogens with zero attached hydrogens (tertiary/aromatic N) is 3. The standard InChI is InChI=1S/C30H17Cl2I2N3O3/c31-21-10-9-17(11-22(21)32)16-39-28-23(33)12-18(13-24(28)34)15-35-37-29(27-14-19-5-1-4-8-26(19)40-27)36-25-7-3-2-6-20(25)30(37)38/h1-15H,16H2. The van der Waals surface area contributed by atoms with Crippen LogP contribution in [0.1, 0.15) is 11.1 Å². The molecule has 0 aliphatic rings. The normalized spacial score (nSPS) is 11.6. The molecule has 0 fully saturated rings. The molecule has 2 aromatic heterocycles. The zero-order chi connectivity index (χ0) is 27.8. The number of ether oxygens (including phenoxy) is 1. The van der Waals surface area contributed by atoms with Crippen molar-refractivity contribution in [2.75, 3.05) is 0 Å². The van der Waals surface area contributed by atoms with Gasteiger partial charge in [0, 0.05) is 5.39 Å². The summed E-state index contributed by atoms with van der Waals surface area (Å²) in [5.74, 6) is 1.52. The molecule has 40 heavy (non-hydrogen) atoms. The Kier molecular flexibility index (Phi) is 7.84. The summed E-state index contributed by atoms with van der Waals surface area (Å²) in [6, 6.07) is 26.0. The van der Waals surface area contributed by atoms with Gasteiger partial charge < -0.3 is 9.15 Å². The van der Waals surface area contributed by atoms with Crippen molar-refractivity contribution >= 4 is 96.5 Å². The maximum atomic E-state index is 13.5. The van der Waals surface area contributed by atoms with Gasteiger partial charge in [-0.2, -0.15) is 9.78 Å². The number of fused-ring (bicyclic) bond motifs is 2. The highest BCUT2D eigenvalue weighted by molar-refractivity contribution is 14.1. The fraction of sp³-hybridized carbons (Fsp3) is 0.0333. The van der Waals surface area contributed by atoms with Crippen LogP contribution in [0.5, 0.6) is 5.75 Å². The number of rotatable bonds is 6. The Bertz CT molecular complexity index is 1950. The molecular formula is C30H17Cl2I2N3O3. The van der Waals surface area contributed by atoms with Crippen molar-refractivity contribution in [2.24, 2.45) is 5.10 Å². The van der Waals surface area contributed by atoms with Gasteiger partial charge in [-0.05, 0) is 105 Å². The fourth-order valence-corrected chi connectivity index (χ4v) is 6.63. The summed E-state index contributed by atoms with van der Waals surface area (Å²) in [5, 5.41) is 6.95. The largest absolute Gasteiger partial charge is 0.487 e. The maximum Gasteiger partial charge on any atom is 0.282 e. The molecule has 0 saturated heterocycles. The second kappa shape index (κ2) is 11.5. The first-order valence-electron chi connectivity index (χ1n) is 12.0. The van der Waals surface area contributed by atoms with E-state index in [0.29, 0.717) is 44.7 Å². The fourth-order valence-electron chi connectivity index (χ4n) is 4.18. The Morgan fingerprint density at radius 2 is 1.68 bits per heavy atom. The van der Waals surface area contributed by atoms with Crippen LogP contribution in [0.15, 0.2) is 99.2 Å². The van der Waals surface area contributed by atoms with Gasteiger partial charge in [0.15, 0.2) is 5.76 Å². The number of benzene rings is 4. The van der Waals surface area contributed by atoms with Gasteiger partial charge in [-0.15, -0.1) is 0 Å². The Labute approximate surface area is 265 Å². The molecule has 0 saturated carbocycles. The van der Waals surface area contributed by atoms with E-state index in [1.165, 1.54) is 4.68 Å². The van der Waals surface area contributed by atoms with Crippen molar-refractivity contribution in [1.29, 1.82) is 0 Å². The van der Waals surface area contributed by atoms with E-state index in [9.17, 15) is 4.79 Å². The van der Waals surface area contributed by atoms with Crippen molar-refractivity contribution < 1.29 is 9.15 Å². The molecule has 6 aromatic rings. The predicted octanol–water partition coefficient (Wildman–Crippen LogP) is 8.79. The summed E-state index contributed by atoms with van der Waals surface area (Å²) >= 11 is 16.6. The number of hydrogen-bond acceptors (Lipinski definition) is 5. The third-order valence-corrected chi connectivity index (χ3v) is 8.45. The average Bonchev–Trinajstić information content (AvgIpc) is 3.38. The first-order chi connectivity index (χ1) is 19.4. The molecule has 0 bridgehead atoms. The van der Waals surface area contributed by atoms with Crippen molar-refractivity contribution in [3.05, 3.63) is 124 Å². The number of halogens is 4. The van der Waals surface area contributed by atoms with Crippen LogP contribution in [0.4, 0.5) is 0 Å². The van der Waals surface area contributed by atoms with Gasteiger partial charge in [-0.1, -0.05) is 59.6 Å². The number of hydrogen-bond donors (Lipinski definition) is 0. The molecule has 0 aliphatic carbocycles. The Morgan fingerprint density at radius 1 is 0.925 bits per heavy atom. The third-order valence-electron chi connectivity index (χ3n) is 6.11. The van der Waals surface area contributed by atoms with Gasteiger partial charge in [0.25, 0.3) is 5.56 Å². The van der Waals surface area contributed by atoms with E-state index in [1.54, 1.807) is 30.5 Å². The van der Waals surface area contributed by atoms with Crippen molar-refractivity contribution in [3.8, 4) is 17.3 Å². The Hall–Kier alpha value is -2.93. The highest BCUT2D eigenvalue weighted by atomic mass is 127. The number of furan rings is 1. The molecule has 0 atom stereocenters. The quantitative estimate of drug-likeness (QED) is 0.125. The lowest BCUT2D eigenvalue weighted by molar-refractivity contribution is 0.302. The van der Waals surface area contributed by atoms with Gasteiger partial charge in [0.05, 0.1) is 34.3 Å². The first-order valence-corrected chi connectivity index (χ1v) is 14.9. The van der Waals surface area contributed by atoms with Crippen LogP contribution in [0.3, 0.4) is 0 Å². The van der Waals surface area contributed by atoms with Gasteiger partial charge in [-0.3, -0.25) is 4.79 Å². The second-order valence-electron chi connectivity index (χ2n) is 8.81. The molecular weight excluding hydrogens is 775 g/mol. The van der Waals surface area contributed by atoms with Gasteiger partial charge in [-0.25, -0.2) is 4.98 Å². The Balaban J connectivity index is 1.36. The molecule has 4 aromatic carbocycles. The summed E-state index contributed by atoms with van der Waals surface area (Å²) in [7, 11) is 0. The monoisotopic (exact) mass is 791 g/mol. The molecule has 10 heteroatoms. The Morgan fingerprint density at radius 3 is 2.45 bits per heavy atom. The van der Waals surface area contributed by atoms with E-state index in [2.05, 4.69) is 50.3 Å². The number of para-hydroxylation sites is 2. The van der Waals surface area contributed by atoms with Crippen LogP contribution in [-0.2, 0) is 6.61 Å². The van der Waals surface area contributed by atoms with Crippen LogP contribution in [0.25, 0.3) is 33.5 Å². The zero-order valence-electron chi connectivity index (χ0n) is 20.4. The van der Waals surface area contributed by atoms with E-state index in [0.717, 1.165) is 29.4 Å². The zero-order valence-corrected chi connectivity index (χ0v) is 26.3. The van der Waals surface area contributed by atoms with E-state index in [4.69, 9.17) is 37.3 Å². The average molecular weight is 792 g/mol. The van der Waals surface area contributed by atoms with Crippen LogP contribution in [-0.4, -0.2) is 15.9 Å². The molecule has 0 aliphatic heterocycles. The summed E-state index contributed by atoms with van der Waals surface area (Å²) in [6.07, 6.45) is 1.64. The van der Waals surface area contributed by atoms with Gasteiger partial charge >= 0.3 is 0 Å². The van der Waals surface area contributed by atoms with Crippen LogP contribution < -0.4 is 10.3 Å². The molecule has 0 radical (unpaired) electrons. The van der Waals surface area contributed by atoms with Gasteiger partial charge in [0.2, 0.25) is 5.82 Å². The molecule has 6 nitrogen and oxygen atoms in total. The lowest BCUT2D eigenvalue weighted by Gasteiger charge is -2.12. The maximum absolute atomic E-state index is 13.5. The molecule has 0 unspecified atom stereocenters. The summed E-state index contributed by atoms with van der Waals surface area (Å²) < 4.78 is 15.2. The van der Waals surface area contributed by atoms with E-state index in [1.807, 2.05) is 60.7 Å². The number of aromatic nitrogens is 2. The predicted molar refractivity (Wildman–Crippen MR) is 177 cm³/mol. The summed E-state index contributed by atoms with van der Waals surface area (Å²) in [5.41, 5.74) is 2.69. The third kappa shape index (κ3) is 5.50. The van der Waals surface area contributed by atoms with E-state index < -0.39 is 0 Å². The molecule has 0 spiro atoms. The molecule has 198 valence electrons. The van der Waals surface area contributed by atoms with Crippen LogP contribution in [0.2, 0.25) is 10.0 Å². The van der Waals surface area contributed by atoms with E-state index >= 15 is 0 Å². The lowest BCUT2D eigenvalue weighted by Crippen LogP contribution is -2.20. The second-order valence-corrected chi connectivity index (χ2v) is 12.0. The molecule has 6 rings (SSSR count). The lowest BCUT2D eigenvalue weighted by atomic mass is 10.2. The van der Waals surface area contributed by atoms with Crippen molar-refractivity contribution in [2.45, 2.75) is 6.61 Å². The highest BCUT2D eigenvalue weighted by Gasteiger charge is 2.17. The van der Waals surface area contributed by atoms with Crippen molar-refractivity contribution in [1.82, 2.24) is 9.66 Å². The molecule has 0 N–H and O–H groups in total. The first kappa shape index (κ1) is 27.3. The van der Waals surface area contributed by atoms with Crippen LogP contribution >= 0.6 is 68.4 Å². The molecule has 2 heterocycles.